The monoisotopic (exact) mass is 511 g/mol. The molecule has 4 rings (SSSR count). The highest BCUT2D eigenvalue weighted by molar-refractivity contribution is 7.90. The summed E-state index contributed by atoms with van der Waals surface area (Å²) in [4.78, 5) is 18.8. The first-order chi connectivity index (χ1) is 17.1. The molecule has 0 fully saturated rings. The average Bonchev–Trinajstić information content (AvgIpc) is 2.83. The molecule has 12 heteroatoms. The third-order valence-electron chi connectivity index (χ3n) is 6.00. The van der Waals surface area contributed by atoms with Crippen LogP contribution in [0, 0.1) is 0 Å². The van der Waals surface area contributed by atoms with Crippen molar-refractivity contribution >= 4 is 38.9 Å². The topological polar surface area (TPSA) is 152 Å². The van der Waals surface area contributed by atoms with Crippen LogP contribution in [0.2, 0.25) is 0 Å². The number of hydrogen-bond acceptors (Lipinski definition) is 10. The molecule has 0 unspecified atom stereocenters. The molecule has 190 valence electrons. The van der Waals surface area contributed by atoms with Gasteiger partial charge in [0, 0.05) is 25.4 Å². The van der Waals surface area contributed by atoms with Crippen molar-refractivity contribution in [2.24, 2.45) is 5.73 Å². The minimum atomic E-state index is -3.55. The summed E-state index contributed by atoms with van der Waals surface area (Å²) < 4.78 is 30.0. The van der Waals surface area contributed by atoms with Gasteiger partial charge in [0.05, 0.1) is 23.4 Å². The molecule has 1 amide bonds. The van der Waals surface area contributed by atoms with Crippen molar-refractivity contribution in [1.82, 2.24) is 20.1 Å². The first-order valence-electron chi connectivity index (χ1n) is 11.4. The number of hydrogen-bond donors (Lipinski definition) is 3. The molecule has 0 atom stereocenters. The number of amides is 1. The van der Waals surface area contributed by atoms with E-state index in [1.807, 2.05) is 12.1 Å². The van der Waals surface area contributed by atoms with Gasteiger partial charge in [0.1, 0.15) is 5.75 Å². The Balaban J connectivity index is 1.70. The van der Waals surface area contributed by atoms with Crippen molar-refractivity contribution in [2.75, 3.05) is 30.5 Å². The molecule has 1 aliphatic rings. The maximum atomic E-state index is 12.2. The molecule has 36 heavy (non-hydrogen) atoms. The van der Waals surface area contributed by atoms with Crippen LogP contribution in [0.15, 0.2) is 41.3 Å². The molecule has 0 saturated carbocycles. The number of ether oxygens (including phenoxy) is 1. The highest BCUT2D eigenvalue weighted by atomic mass is 32.2. The number of carbonyl (C=O) groups is 1. The Kier molecular flexibility index (Phi) is 7.09. The number of fused-ring (bicyclic) bond motifs is 1. The van der Waals surface area contributed by atoms with Crippen LogP contribution >= 0.6 is 0 Å². The Hall–Kier alpha value is -3.77. The average molecular weight is 512 g/mol. The Morgan fingerprint density at radius 1 is 1.11 bits per heavy atom. The van der Waals surface area contributed by atoms with Crippen molar-refractivity contribution < 1.29 is 17.9 Å². The zero-order valence-electron chi connectivity index (χ0n) is 20.6. The van der Waals surface area contributed by atoms with E-state index in [4.69, 9.17) is 10.5 Å². The lowest BCUT2D eigenvalue weighted by molar-refractivity contribution is 0.0995. The number of methoxy groups -OCH3 is 1. The SMILES string of the molecule is COc1cc2c(cc1Nc1nnc(C(N)=O)c(Nc3ccccc3S(C)(=O)=O)n1)CN(C(C)C)CC2. The summed E-state index contributed by atoms with van der Waals surface area (Å²) in [7, 11) is -1.97. The van der Waals surface area contributed by atoms with Gasteiger partial charge in [0.2, 0.25) is 5.95 Å². The third kappa shape index (κ3) is 5.39. The van der Waals surface area contributed by atoms with Crippen molar-refractivity contribution in [1.29, 1.82) is 0 Å². The van der Waals surface area contributed by atoms with E-state index >= 15 is 0 Å². The fourth-order valence-corrected chi connectivity index (χ4v) is 4.93. The summed E-state index contributed by atoms with van der Waals surface area (Å²) >= 11 is 0. The number of nitrogens with one attached hydrogen (secondary N) is 2. The predicted molar refractivity (Wildman–Crippen MR) is 137 cm³/mol. The normalized spacial score (nSPS) is 13.8. The highest BCUT2D eigenvalue weighted by Gasteiger charge is 2.22. The van der Waals surface area contributed by atoms with Crippen LogP contribution in [-0.4, -0.2) is 60.4 Å². The van der Waals surface area contributed by atoms with E-state index in [1.165, 1.54) is 17.2 Å². The van der Waals surface area contributed by atoms with Crippen LogP contribution in [0.5, 0.6) is 5.75 Å². The second-order valence-electron chi connectivity index (χ2n) is 8.85. The Morgan fingerprint density at radius 3 is 2.53 bits per heavy atom. The van der Waals surface area contributed by atoms with Crippen LogP contribution in [0.4, 0.5) is 23.1 Å². The fraction of sp³-hybridized carbons (Fsp3) is 0.333. The van der Waals surface area contributed by atoms with E-state index in [-0.39, 0.29) is 28.0 Å². The quantitative estimate of drug-likeness (QED) is 0.411. The lowest BCUT2D eigenvalue weighted by Crippen LogP contribution is -2.35. The van der Waals surface area contributed by atoms with Crippen LogP contribution in [0.1, 0.15) is 35.5 Å². The third-order valence-corrected chi connectivity index (χ3v) is 7.15. The second-order valence-corrected chi connectivity index (χ2v) is 10.8. The zero-order valence-corrected chi connectivity index (χ0v) is 21.4. The molecule has 11 nitrogen and oxygen atoms in total. The standard InChI is InChI=1S/C24H29N7O4S/c1-14(2)31-10-9-15-12-19(35-3)18(11-16(15)13-31)27-24-28-23(21(22(25)32)29-30-24)26-17-7-5-6-8-20(17)36(4,33)34/h5-8,11-12,14H,9-10,13H2,1-4H3,(H2,25,32)(H2,26,27,28,30). The van der Waals surface area contributed by atoms with Crippen LogP contribution < -0.4 is 21.1 Å². The molecule has 1 aliphatic heterocycles. The summed E-state index contributed by atoms with van der Waals surface area (Å²) in [5.74, 6) is -0.194. The van der Waals surface area contributed by atoms with Gasteiger partial charge in [0.25, 0.3) is 5.91 Å². The largest absolute Gasteiger partial charge is 0.495 e. The molecule has 0 bridgehead atoms. The maximum Gasteiger partial charge on any atom is 0.273 e. The molecule has 3 aromatic rings. The Morgan fingerprint density at radius 2 is 1.86 bits per heavy atom. The first-order valence-corrected chi connectivity index (χ1v) is 13.3. The number of para-hydroxylation sites is 1. The summed E-state index contributed by atoms with van der Waals surface area (Å²) in [5, 5.41) is 13.9. The Bertz CT molecular complexity index is 1410. The van der Waals surface area contributed by atoms with Crippen LogP contribution in [-0.2, 0) is 22.8 Å². The summed E-state index contributed by atoms with van der Waals surface area (Å²) in [6.45, 7) is 6.13. The molecule has 0 radical (unpaired) electrons. The summed E-state index contributed by atoms with van der Waals surface area (Å²) in [6, 6.07) is 10.7. The number of primary amides is 1. The predicted octanol–water partition coefficient (Wildman–Crippen LogP) is 2.64. The number of benzene rings is 2. The highest BCUT2D eigenvalue weighted by Crippen LogP contribution is 2.34. The van der Waals surface area contributed by atoms with E-state index < -0.39 is 15.7 Å². The van der Waals surface area contributed by atoms with Crippen molar-refractivity contribution in [3.05, 3.63) is 53.2 Å². The van der Waals surface area contributed by atoms with E-state index in [1.54, 1.807) is 25.3 Å². The van der Waals surface area contributed by atoms with Gasteiger partial charge in [-0.05, 0) is 55.7 Å². The Labute approximate surface area is 210 Å². The molecule has 4 N–H and O–H groups in total. The van der Waals surface area contributed by atoms with Crippen LogP contribution in [0.3, 0.4) is 0 Å². The van der Waals surface area contributed by atoms with E-state index in [0.29, 0.717) is 17.5 Å². The van der Waals surface area contributed by atoms with Gasteiger partial charge in [-0.15, -0.1) is 10.2 Å². The van der Waals surface area contributed by atoms with Gasteiger partial charge < -0.3 is 21.1 Å². The van der Waals surface area contributed by atoms with E-state index in [9.17, 15) is 13.2 Å². The molecular weight excluding hydrogens is 482 g/mol. The van der Waals surface area contributed by atoms with Gasteiger partial charge in [0.15, 0.2) is 21.3 Å². The first kappa shape index (κ1) is 25.3. The molecule has 0 aliphatic carbocycles. The minimum Gasteiger partial charge on any atom is -0.495 e. The maximum absolute atomic E-state index is 12.2. The van der Waals surface area contributed by atoms with Crippen molar-refractivity contribution in [2.45, 2.75) is 37.8 Å². The lowest BCUT2D eigenvalue weighted by atomic mass is 9.97. The molecule has 0 saturated heterocycles. The smallest absolute Gasteiger partial charge is 0.273 e. The van der Waals surface area contributed by atoms with E-state index in [0.717, 1.165) is 25.8 Å². The van der Waals surface area contributed by atoms with Gasteiger partial charge in [-0.1, -0.05) is 12.1 Å². The number of nitrogens with two attached hydrogens (primary N) is 1. The summed E-state index contributed by atoms with van der Waals surface area (Å²) in [6.07, 6.45) is 2.01. The lowest BCUT2D eigenvalue weighted by Gasteiger charge is -2.32. The van der Waals surface area contributed by atoms with Crippen LogP contribution in [0.25, 0.3) is 0 Å². The second kappa shape index (κ2) is 10.1. The number of rotatable bonds is 8. The number of aromatic nitrogens is 3. The number of carbonyl (C=O) groups excluding carboxylic acids is 1. The van der Waals surface area contributed by atoms with Gasteiger partial charge in [-0.3, -0.25) is 9.69 Å². The van der Waals surface area contributed by atoms with Gasteiger partial charge >= 0.3 is 0 Å². The van der Waals surface area contributed by atoms with E-state index in [2.05, 4.69) is 44.6 Å². The molecule has 2 heterocycles. The fourth-order valence-electron chi connectivity index (χ4n) is 4.09. The number of nitrogens with zero attached hydrogens (tertiary/aromatic N) is 4. The molecule has 1 aromatic heterocycles. The number of anilines is 4. The number of sulfone groups is 1. The van der Waals surface area contributed by atoms with Gasteiger partial charge in [-0.25, -0.2) is 8.42 Å². The molecule has 2 aromatic carbocycles. The zero-order chi connectivity index (χ0) is 26.0. The van der Waals surface area contributed by atoms with Crippen molar-refractivity contribution in [3.8, 4) is 5.75 Å². The van der Waals surface area contributed by atoms with Crippen molar-refractivity contribution in [3.63, 3.8) is 0 Å². The van der Waals surface area contributed by atoms with Gasteiger partial charge in [-0.2, -0.15) is 4.98 Å². The minimum absolute atomic E-state index is 0.0287. The molecule has 0 spiro atoms. The molecular formula is C24H29N7O4S. The summed E-state index contributed by atoms with van der Waals surface area (Å²) in [5.41, 5.74) is 8.50.